The van der Waals surface area contributed by atoms with Crippen LogP contribution in [-0.2, 0) is 0 Å². The molecule has 0 aromatic heterocycles. The van der Waals surface area contributed by atoms with Gasteiger partial charge in [-0.25, -0.2) is 0 Å². The van der Waals surface area contributed by atoms with Crippen LogP contribution in [0.4, 0.5) is 0 Å². The molecule has 0 bridgehead atoms. The van der Waals surface area contributed by atoms with Crippen LogP contribution in [0.15, 0.2) is 29.4 Å². The van der Waals surface area contributed by atoms with Gasteiger partial charge in [0.25, 0.3) is 0 Å². The minimum atomic E-state index is -0.0665. The molecule has 1 heterocycles. The Morgan fingerprint density at radius 2 is 1.89 bits per heavy atom. The number of rotatable bonds is 4. The van der Waals surface area contributed by atoms with Gasteiger partial charge < -0.3 is 4.74 Å². The van der Waals surface area contributed by atoms with Crippen LogP contribution in [-0.4, -0.2) is 37.2 Å². The summed E-state index contributed by atoms with van der Waals surface area (Å²) in [7, 11) is 1.61. The van der Waals surface area contributed by atoms with Crippen molar-refractivity contribution in [3.63, 3.8) is 0 Å². The first-order valence-electron chi connectivity index (χ1n) is 6.27. The van der Waals surface area contributed by atoms with Gasteiger partial charge in [0.05, 0.1) is 13.3 Å². The number of ketones is 1. The first kappa shape index (κ1) is 12.6. The number of hydrazone groups is 1. The number of carbonyl (C=O) groups excluding carboxylic acids is 1. The summed E-state index contributed by atoms with van der Waals surface area (Å²) in [5.41, 5.74) is 0.636. The maximum absolute atomic E-state index is 11.9. The molecule has 4 nitrogen and oxygen atoms in total. The lowest BCUT2D eigenvalue weighted by Gasteiger charge is -2.22. The van der Waals surface area contributed by atoms with Gasteiger partial charge in [-0.3, -0.25) is 9.80 Å². The number of hydrogen-bond donors (Lipinski definition) is 0. The summed E-state index contributed by atoms with van der Waals surface area (Å²) >= 11 is 0. The maximum Gasteiger partial charge on any atom is 0.205 e. The van der Waals surface area contributed by atoms with E-state index < -0.39 is 0 Å². The van der Waals surface area contributed by atoms with Gasteiger partial charge >= 0.3 is 0 Å². The van der Waals surface area contributed by atoms with E-state index in [0.29, 0.717) is 5.56 Å². The van der Waals surface area contributed by atoms with Gasteiger partial charge in [0.2, 0.25) is 5.78 Å². The minimum absolute atomic E-state index is 0.0665. The first-order chi connectivity index (χ1) is 8.79. The maximum atomic E-state index is 11.9. The topological polar surface area (TPSA) is 41.9 Å². The molecule has 0 atom stereocenters. The summed E-state index contributed by atoms with van der Waals surface area (Å²) in [6, 6.07) is 7.07. The lowest BCUT2D eigenvalue weighted by molar-refractivity contribution is 0.106. The number of ether oxygens (including phenoxy) is 1. The third-order valence-corrected chi connectivity index (χ3v) is 3.05. The molecule has 0 saturated carbocycles. The van der Waals surface area contributed by atoms with Crippen LogP contribution < -0.4 is 4.74 Å². The number of benzene rings is 1. The van der Waals surface area contributed by atoms with Crippen LogP contribution in [0.5, 0.6) is 5.75 Å². The minimum Gasteiger partial charge on any atom is -0.497 e. The fraction of sp³-hybridized carbons (Fsp3) is 0.429. The molecule has 1 aromatic rings. The van der Waals surface area contributed by atoms with Gasteiger partial charge in [0.1, 0.15) is 5.75 Å². The molecule has 96 valence electrons. The van der Waals surface area contributed by atoms with Gasteiger partial charge in [0, 0.05) is 18.7 Å². The Bertz CT molecular complexity index is 420. The Morgan fingerprint density at radius 3 is 2.50 bits per heavy atom. The van der Waals surface area contributed by atoms with E-state index in [1.54, 1.807) is 31.4 Å². The summed E-state index contributed by atoms with van der Waals surface area (Å²) < 4.78 is 5.05. The zero-order chi connectivity index (χ0) is 12.8. The predicted octanol–water partition coefficient (Wildman–Crippen LogP) is 2.35. The van der Waals surface area contributed by atoms with E-state index in [9.17, 15) is 4.79 Å². The van der Waals surface area contributed by atoms with Gasteiger partial charge in [-0.1, -0.05) is 0 Å². The third-order valence-electron chi connectivity index (χ3n) is 3.05. The SMILES string of the molecule is COc1ccc(C(=O)/C=N\N2CCCCC2)cc1. The second-order valence-electron chi connectivity index (χ2n) is 4.35. The van der Waals surface area contributed by atoms with Crippen molar-refractivity contribution >= 4 is 12.0 Å². The van der Waals surface area contributed by atoms with Gasteiger partial charge in [-0.2, -0.15) is 5.10 Å². The summed E-state index contributed by atoms with van der Waals surface area (Å²) in [6.07, 6.45) is 4.99. The van der Waals surface area contributed by atoms with Crippen molar-refractivity contribution in [2.45, 2.75) is 19.3 Å². The highest BCUT2D eigenvalue weighted by atomic mass is 16.5. The van der Waals surface area contributed by atoms with Crippen molar-refractivity contribution in [1.82, 2.24) is 5.01 Å². The molecular weight excluding hydrogens is 228 g/mol. The molecule has 0 radical (unpaired) electrons. The van der Waals surface area contributed by atoms with Crippen molar-refractivity contribution < 1.29 is 9.53 Å². The average molecular weight is 246 g/mol. The van der Waals surface area contributed by atoms with Crippen molar-refractivity contribution in [2.75, 3.05) is 20.2 Å². The van der Waals surface area contributed by atoms with E-state index in [2.05, 4.69) is 5.10 Å². The van der Waals surface area contributed by atoms with Crippen LogP contribution in [0.1, 0.15) is 29.6 Å². The molecule has 0 amide bonds. The van der Waals surface area contributed by atoms with Crippen molar-refractivity contribution in [1.29, 1.82) is 0 Å². The highest BCUT2D eigenvalue weighted by molar-refractivity contribution is 6.35. The van der Waals surface area contributed by atoms with Crippen LogP contribution in [0.2, 0.25) is 0 Å². The summed E-state index contributed by atoms with van der Waals surface area (Å²) in [6.45, 7) is 1.90. The third kappa shape index (κ3) is 3.32. The zero-order valence-electron chi connectivity index (χ0n) is 10.6. The highest BCUT2D eigenvalue weighted by Gasteiger charge is 2.08. The Hall–Kier alpha value is -1.84. The Balaban J connectivity index is 1.95. The lowest BCUT2D eigenvalue weighted by Crippen LogP contribution is -2.25. The number of Topliss-reactive ketones (excluding diaryl/α,β-unsaturated/α-hetero) is 1. The average Bonchev–Trinajstić information content (AvgIpc) is 2.46. The molecular formula is C14H18N2O2. The van der Waals surface area contributed by atoms with Crippen LogP contribution in [0.25, 0.3) is 0 Å². The molecule has 1 saturated heterocycles. The van der Waals surface area contributed by atoms with Gasteiger partial charge in [-0.05, 0) is 43.5 Å². The Morgan fingerprint density at radius 1 is 1.22 bits per heavy atom. The van der Waals surface area contributed by atoms with Gasteiger partial charge in [0.15, 0.2) is 0 Å². The summed E-state index contributed by atoms with van der Waals surface area (Å²) in [5, 5.41) is 6.19. The van der Waals surface area contributed by atoms with E-state index in [1.165, 1.54) is 12.6 Å². The van der Waals surface area contributed by atoms with Crippen molar-refractivity contribution in [2.24, 2.45) is 5.10 Å². The quantitative estimate of drug-likeness (QED) is 0.605. The van der Waals surface area contributed by atoms with Crippen LogP contribution >= 0.6 is 0 Å². The Labute approximate surface area is 107 Å². The number of piperidine rings is 1. The molecule has 18 heavy (non-hydrogen) atoms. The van der Waals surface area contributed by atoms with E-state index in [0.717, 1.165) is 31.7 Å². The van der Waals surface area contributed by atoms with Gasteiger partial charge in [-0.15, -0.1) is 0 Å². The number of methoxy groups -OCH3 is 1. The van der Waals surface area contributed by atoms with E-state index in [1.807, 2.05) is 5.01 Å². The molecule has 0 aliphatic carbocycles. The van der Waals surface area contributed by atoms with Crippen LogP contribution in [0, 0.1) is 0 Å². The van der Waals surface area contributed by atoms with E-state index in [-0.39, 0.29) is 5.78 Å². The molecule has 1 aromatic carbocycles. The second kappa shape index (κ2) is 6.19. The Kier molecular flexibility index (Phi) is 4.34. The standard InChI is InChI=1S/C14H18N2O2/c1-18-13-7-5-12(6-8-13)14(17)11-15-16-9-3-2-4-10-16/h5-8,11H,2-4,9-10H2,1H3/b15-11-. The molecule has 1 aliphatic heterocycles. The molecule has 1 fully saturated rings. The molecule has 4 heteroatoms. The largest absolute Gasteiger partial charge is 0.497 e. The van der Waals surface area contributed by atoms with Crippen molar-refractivity contribution in [3.8, 4) is 5.75 Å². The number of hydrogen-bond acceptors (Lipinski definition) is 4. The predicted molar refractivity (Wildman–Crippen MR) is 71.2 cm³/mol. The molecule has 0 unspecified atom stereocenters. The second-order valence-corrected chi connectivity index (χ2v) is 4.35. The van der Waals surface area contributed by atoms with E-state index >= 15 is 0 Å². The fourth-order valence-electron chi connectivity index (χ4n) is 1.96. The molecule has 0 N–H and O–H groups in total. The normalized spacial score (nSPS) is 15.9. The fourth-order valence-corrected chi connectivity index (χ4v) is 1.96. The van der Waals surface area contributed by atoms with Crippen LogP contribution in [0.3, 0.4) is 0 Å². The summed E-state index contributed by atoms with van der Waals surface area (Å²) in [4.78, 5) is 11.9. The van der Waals surface area contributed by atoms with Crippen molar-refractivity contribution in [3.05, 3.63) is 29.8 Å². The smallest absolute Gasteiger partial charge is 0.205 e. The first-order valence-corrected chi connectivity index (χ1v) is 6.27. The zero-order valence-corrected chi connectivity index (χ0v) is 10.6. The molecule has 0 spiro atoms. The highest BCUT2D eigenvalue weighted by Crippen LogP contribution is 2.12. The molecule has 1 aliphatic rings. The summed E-state index contributed by atoms with van der Waals surface area (Å²) in [5.74, 6) is 0.683. The van der Waals surface area contributed by atoms with E-state index in [4.69, 9.17) is 4.74 Å². The number of nitrogens with zero attached hydrogens (tertiary/aromatic N) is 2. The monoisotopic (exact) mass is 246 g/mol. The number of carbonyl (C=O) groups is 1. The molecule has 2 rings (SSSR count). The lowest BCUT2D eigenvalue weighted by atomic mass is 10.1.